The molecule has 0 bridgehead atoms. The summed E-state index contributed by atoms with van der Waals surface area (Å²) >= 11 is 0. The van der Waals surface area contributed by atoms with Crippen molar-refractivity contribution in [2.75, 3.05) is 29.9 Å². The van der Waals surface area contributed by atoms with Gasteiger partial charge in [0.05, 0.1) is 0 Å². The zero-order valence-electron chi connectivity index (χ0n) is 16.3. The molecule has 3 rings (SSSR count). The number of imide groups is 1. The average Bonchev–Trinajstić information content (AvgIpc) is 2.74. The Kier molecular flexibility index (Phi) is 6.89. The number of hydrogen-bond acceptors (Lipinski definition) is 4. The molecule has 3 amide bonds. The van der Waals surface area contributed by atoms with Gasteiger partial charge in [-0.15, -0.1) is 0 Å². The summed E-state index contributed by atoms with van der Waals surface area (Å²) in [7, 11) is 0. The zero-order chi connectivity index (χ0) is 19.8. The van der Waals surface area contributed by atoms with E-state index < -0.39 is 18.0 Å². The Morgan fingerprint density at radius 1 is 0.964 bits per heavy atom. The van der Waals surface area contributed by atoms with Crippen molar-refractivity contribution >= 4 is 23.3 Å². The van der Waals surface area contributed by atoms with Gasteiger partial charge in [0.1, 0.15) is 6.04 Å². The van der Waals surface area contributed by atoms with E-state index in [-0.39, 0.29) is 0 Å². The molecule has 0 unspecified atom stereocenters. The van der Waals surface area contributed by atoms with Gasteiger partial charge in [0.15, 0.2) is 0 Å². The van der Waals surface area contributed by atoms with Gasteiger partial charge in [0.25, 0.3) is 5.91 Å². The number of hydrogen-bond donors (Lipinski definition) is 3. The maximum absolute atomic E-state index is 12.7. The first-order valence-electron chi connectivity index (χ1n) is 9.92. The maximum Gasteiger partial charge on any atom is 0.321 e. The minimum absolute atomic E-state index is 0.391. The van der Waals surface area contributed by atoms with Crippen LogP contribution in [0.4, 0.5) is 16.2 Å². The third-order valence-corrected chi connectivity index (χ3v) is 4.87. The van der Waals surface area contributed by atoms with Gasteiger partial charge in [-0.1, -0.05) is 30.3 Å². The van der Waals surface area contributed by atoms with E-state index in [0.29, 0.717) is 6.54 Å². The van der Waals surface area contributed by atoms with Gasteiger partial charge in [-0.05, 0) is 56.0 Å². The van der Waals surface area contributed by atoms with E-state index in [0.717, 1.165) is 24.3 Å². The SMILES string of the molecule is CCNC(=O)NC(=O)[C@@H](Nc1ccc(N2CCCCC2)cc1)c1ccccc1. The lowest BCUT2D eigenvalue weighted by Crippen LogP contribution is -2.43. The van der Waals surface area contributed by atoms with Gasteiger partial charge in [-0.2, -0.15) is 0 Å². The van der Waals surface area contributed by atoms with E-state index in [2.05, 4.69) is 33.0 Å². The van der Waals surface area contributed by atoms with Gasteiger partial charge >= 0.3 is 6.03 Å². The lowest BCUT2D eigenvalue weighted by molar-refractivity contribution is -0.120. The lowest BCUT2D eigenvalue weighted by atomic mass is 10.1. The highest BCUT2D eigenvalue weighted by Crippen LogP contribution is 2.24. The first kappa shape index (κ1) is 19.7. The van der Waals surface area contributed by atoms with Crippen LogP contribution >= 0.6 is 0 Å². The molecule has 1 saturated heterocycles. The molecule has 0 aliphatic carbocycles. The van der Waals surface area contributed by atoms with Crippen LogP contribution in [-0.4, -0.2) is 31.6 Å². The molecule has 1 heterocycles. The number of rotatable bonds is 6. The summed E-state index contributed by atoms with van der Waals surface area (Å²) in [5.74, 6) is -0.391. The van der Waals surface area contributed by atoms with Crippen molar-refractivity contribution in [3.63, 3.8) is 0 Å². The van der Waals surface area contributed by atoms with E-state index in [9.17, 15) is 9.59 Å². The second-order valence-electron chi connectivity index (χ2n) is 6.93. The second kappa shape index (κ2) is 9.78. The molecule has 3 N–H and O–H groups in total. The van der Waals surface area contributed by atoms with Crippen molar-refractivity contribution in [3.8, 4) is 0 Å². The Bertz CT molecular complexity index is 771. The molecule has 0 saturated carbocycles. The molecule has 1 fully saturated rings. The standard InChI is InChI=1S/C22H28N4O2/c1-2-23-22(28)25-21(27)20(17-9-5-3-6-10-17)24-18-11-13-19(14-12-18)26-15-7-4-8-16-26/h3,5-6,9-14,20,24H,2,4,7-8,15-16H2,1H3,(H2,23,25,27,28)/t20-/m0/s1. The number of carbonyl (C=O) groups is 2. The fraction of sp³-hybridized carbons (Fsp3) is 0.364. The topological polar surface area (TPSA) is 73.5 Å². The molecule has 0 spiro atoms. The van der Waals surface area contributed by atoms with Crippen molar-refractivity contribution in [3.05, 3.63) is 60.2 Å². The Labute approximate surface area is 166 Å². The van der Waals surface area contributed by atoms with Gasteiger partial charge < -0.3 is 15.5 Å². The fourth-order valence-corrected chi connectivity index (χ4v) is 3.42. The third-order valence-electron chi connectivity index (χ3n) is 4.87. The number of urea groups is 1. The van der Waals surface area contributed by atoms with Gasteiger partial charge in [0.2, 0.25) is 0 Å². The second-order valence-corrected chi connectivity index (χ2v) is 6.93. The predicted molar refractivity (Wildman–Crippen MR) is 113 cm³/mol. The molecule has 1 atom stereocenters. The number of amides is 3. The number of anilines is 2. The summed E-state index contributed by atoms with van der Waals surface area (Å²) in [5.41, 5.74) is 2.83. The molecule has 0 radical (unpaired) electrons. The van der Waals surface area contributed by atoms with E-state index in [1.165, 1.54) is 24.9 Å². The van der Waals surface area contributed by atoms with Crippen LogP contribution in [0.5, 0.6) is 0 Å². The summed E-state index contributed by atoms with van der Waals surface area (Å²) in [6, 6.07) is 16.4. The first-order chi connectivity index (χ1) is 13.7. The van der Waals surface area contributed by atoms with Crippen molar-refractivity contribution in [2.24, 2.45) is 0 Å². The maximum atomic E-state index is 12.7. The number of piperidine rings is 1. The van der Waals surface area contributed by atoms with Crippen LogP contribution in [0.2, 0.25) is 0 Å². The summed E-state index contributed by atoms with van der Waals surface area (Å²) < 4.78 is 0. The van der Waals surface area contributed by atoms with Gasteiger partial charge in [-0.25, -0.2) is 4.79 Å². The largest absolute Gasteiger partial charge is 0.372 e. The van der Waals surface area contributed by atoms with Crippen molar-refractivity contribution in [2.45, 2.75) is 32.2 Å². The van der Waals surface area contributed by atoms with Crippen LogP contribution < -0.4 is 20.9 Å². The highest BCUT2D eigenvalue weighted by atomic mass is 16.2. The van der Waals surface area contributed by atoms with Crippen molar-refractivity contribution < 1.29 is 9.59 Å². The molecular weight excluding hydrogens is 352 g/mol. The van der Waals surface area contributed by atoms with Crippen LogP contribution in [0.25, 0.3) is 0 Å². The minimum atomic E-state index is -0.662. The number of benzene rings is 2. The zero-order valence-corrected chi connectivity index (χ0v) is 16.3. The molecular formula is C22H28N4O2. The summed E-state index contributed by atoms with van der Waals surface area (Å²) in [6.45, 7) is 4.45. The van der Waals surface area contributed by atoms with Crippen molar-refractivity contribution in [1.82, 2.24) is 10.6 Å². The molecule has 0 aromatic heterocycles. The molecule has 6 heteroatoms. The number of carbonyl (C=O) groups excluding carboxylic acids is 2. The van der Waals surface area contributed by atoms with Crippen LogP contribution in [0.15, 0.2) is 54.6 Å². The number of nitrogens with zero attached hydrogens (tertiary/aromatic N) is 1. The molecule has 1 aliphatic rings. The fourth-order valence-electron chi connectivity index (χ4n) is 3.42. The molecule has 148 valence electrons. The first-order valence-corrected chi connectivity index (χ1v) is 9.92. The van der Waals surface area contributed by atoms with Gasteiger partial charge in [0, 0.05) is 31.0 Å². The number of nitrogens with one attached hydrogen (secondary N) is 3. The van der Waals surface area contributed by atoms with E-state index in [1.807, 2.05) is 42.5 Å². The van der Waals surface area contributed by atoms with Crippen LogP contribution in [0.3, 0.4) is 0 Å². The Balaban J connectivity index is 1.73. The normalized spacial score (nSPS) is 14.8. The predicted octanol–water partition coefficient (Wildman–Crippen LogP) is 3.68. The summed E-state index contributed by atoms with van der Waals surface area (Å²) in [5, 5.41) is 8.25. The quantitative estimate of drug-likeness (QED) is 0.715. The minimum Gasteiger partial charge on any atom is -0.372 e. The lowest BCUT2D eigenvalue weighted by Gasteiger charge is -2.29. The Morgan fingerprint density at radius 2 is 1.64 bits per heavy atom. The highest BCUT2D eigenvalue weighted by Gasteiger charge is 2.22. The summed E-state index contributed by atoms with van der Waals surface area (Å²) in [4.78, 5) is 26.9. The van der Waals surface area contributed by atoms with Crippen LogP contribution in [-0.2, 0) is 4.79 Å². The van der Waals surface area contributed by atoms with E-state index in [4.69, 9.17) is 0 Å². The molecule has 1 aliphatic heterocycles. The summed E-state index contributed by atoms with van der Waals surface area (Å²) in [6.07, 6.45) is 3.77. The molecule has 28 heavy (non-hydrogen) atoms. The monoisotopic (exact) mass is 380 g/mol. The van der Waals surface area contributed by atoms with Crippen LogP contribution in [0.1, 0.15) is 37.8 Å². The Hall–Kier alpha value is -3.02. The highest BCUT2D eigenvalue weighted by molar-refractivity contribution is 5.98. The van der Waals surface area contributed by atoms with Crippen molar-refractivity contribution in [1.29, 1.82) is 0 Å². The van der Waals surface area contributed by atoms with E-state index in [1.54, 1.807) is 6.92 Å². The Morgan fingerprint density at radius 3 is 2.29 bits per heavy atom. The molecule has 2 aromatic rings. The third kappa shape index (κ3) is 5.25. The van der Waals surface area contributed by atoms with E-state index >= 15 is 0 Å². The van der Waals surface area contributed by atoms with Gasteiger partial charge in [-0.3, -0.25) is 10.1 Å². The average molecular weight is 380 g/mol. The smallest absolute Gasteiger partial charge is 0.321 e. The molecule has 2 aromatic carbocycles. The molecule has 6 nitrogen and oxygen atoms in total. The van der Waals surface area contributed by atoms with Crippen LogP contribution in [0, 0.1) is 0 Å².